The molecule has 0 aliphatic heterocycles. The third-order valence-corrected chi connectivity index (χ3v) is 4.65. The van der Waals surface area contributed by atoms with Crippen molar-refractivity contribution in [3.63, 3.8) is 0 Å². The molecule has 1 N–H and O–H groups in total. The minimum absolute atomic E-state index is 0.128. The summed E-state index contributed by atoms with van der Waals surface area (Å²) in [6, 6.07) is 0. The molecule has 0 bridgehead atoms. The molecule has 106 valence electrons. The fourth-order valence-corrected chi connectivity index (χ4v) is 3.47. The largest absolute Gasteiger partial charge is 0.465 e. The molecule has 0 saturated heterocycles. The average molecular weight is 283 g/mol. The fourth-order valence-electron chi connectivity index (χ4n) is 2.23. The maximum Gasteiger partial charge on any atom is 0.327 e. The number of aromatic nitrogens is 2. The predicted octanol–water partition coefficient (Wildman–Crippen LogP) is 1.44. The second kappa shape index (κ2) is 5.96. The van der Waals surface area contributed by atoms with Crippen molar-refractivity contribution in [3.05, 3.63) is 12.4 Å². The van der Waals surface area contributed by atoms with Crippen LogP contribution in [0.4, 0.5) is 0 Å². The van der Waals surface area contributed by atoms with Gasteiger partial charge in [0, 0.05) is 23.9 Å². The number of rotatable bonds is 7. The zero-order valence-electron chi connectivity index (χ0n) is 11.7. The Morgan fingerprint density at radius 2 is 2.42 bits per heavy atom. The molecule has 0 amide bonds. The Balaban J connectivity index is 2.07. The van der Waals surface area contributed by atoms with Crippen molar-refractivity contribution < 1.29 is 9.53 Å². The second-order valence-corrected chi connectivity index (χ2v) is 5.90. The standard InChI is InChI=1S/C13H21N3O2S/c1-4-18-12(17)13(14-2,10-5-6-10)9-19-11-7-15-16(3)8-11/h7-8,10,14H,4-6,9H2,1-3H3. The number of ether oxygens (including phenoxy) is 1. The normalized spacial score (nSPS) is 18.1. The van der Waals surface area contributed by atoms with E-state index in [1.165, 1.54) is 0 Å². The van der Waals surface area contributed by atoms with E-state index in [0.29, 0.717) is 18.3 Å². The number of likely N-dealkylation sites (N-methyl/N-ethyl adjacent to an activating group) is 1. The van der Waals surface area contributed by atoms with Gasteiger partial charge >= 0.3 is 5.97 Å². The topological polar surface area (TPSA) is 56.1 Å². The minimum Gasteiger partial charge on any atom is -0.465 e. The van der Waals surface area contributed by atoms with Crippen LogP contribution in [0.3, 0.4) is 0 Å². The molecule has 1 heterocycles. The van der Waals surface area contributed by atoms with Gasteiger partial charge in [-0.2, -0.15) is 5.10 Å². The van der Waals surface area contributed by atoms with E-state index in [-0.39, 0.29) is 5.97 Å². The van der Waals surface area contributed by atoms with E-state index in [4.69, 9.17) is 4.74 Å². The molecule has 0 aromatic carbocycles. The molecule has 1 aromatic heterocycles. The molecule has 1 saturated carbocycles. The van der Waals surface area contributed by atoms with E-state index in [2.05, 4.69) is 10.4 Å². The van der Waals surface area contributed by atoms with E-state index in [1.807, 2.05) is 33.4 Å². The molecule has 19 heavy (non-hydrogen) atoms. The van der Waals surface area contributed by atoms with Crippen LogP contribution in [0.15, 0.2) is 17.3 Å². The SMILES string of the molecule is CCOC(=O)C(CSc1cnn(C)c1)(NC)C1CC1. The van der Waals surface area contributed by atoms with E-state index in [1.54, 1.807) is 16.4 Å². The molecule has 2 rings (SSSR count). The van der Waals surface area contributed by atoms with Gasteiger partial charge in [-0.3, -0.25) is 9.48 Å². The van der Waals surface area contributed by atoms with E-state index >= 15 is 0 Å². The van der Waals surface area contributed by atoms with Crippen LogP contribution in [0.25, 0.3) is 0 Å². The highest BCUT2D eigenvalue weighted by molar-refractivity contribution is 7.99. The number of esters is 1. The zero-order valence-corrected chi connectivity index (χ0v) is 12.5. The van der Waals surface area contributed by atoms with Gasteiger partial charge in [0.15, 0.2) is 0 Å². The van der Waals surface area contributed by atoms with Crippen molar-refractivity contribution in [1.82, 2.24) is 15.1 Å². The van der Waals surface area contributed by atoms with Gasteiger partial charge < -0.3 is 10.1 Å². The molecule has 1 aromatic rings. The summed E-state index contributed by atoms with van der Waals surface area (Å²) in [4.78, 5) is 13.4. The molecule has 1 atom stereocenters. The molecule has 5 nitrogen and oxygen atoms in total. The van der Waals surface area contributed by atoms with Crippen LogP contribution < -0.4 is 5.32 Å². The monoisotopic (exact) mass is 283 g/mol. The Labute approximate surface area is 118 Å². The van der Waals surface area contributed by atoms with Gasteiger partial charge in [0.2, 0.25) is 0 Å². The third-order valence-electron chi connectivity index (χ3n) is 3.51. The first-order chi connectivity index (χ1) is 9.12. The average Bonchev–Trinajstić information content (AvgIpc) is 3.15. The van der Waals surface area contributed by atoms with Gasteiger partial charge in [-0.15, -0.1) is 11.8 Å². The summed E-state index contributed by atoms with van der Waals surface area (Å²) in [5.74, 6) is 0.940. The summed E-state index contributed by atoms with van der Waals surface area (Å²) < 4.78 is 7.03. The summed E-state index contributed by atoms with van der Waals surface area (Å²) >= 11 is 1.65. The summed E-state index contributed by atoms with van der Waals surface area (Å²) in [7, 11) is 3.74. The molecule has 1 aliphatic carbocycles. The van der Waals surface area contributed by atoms with Crippen LogP contribution in [-0.4, -0.2) is 40.7 Å². The predicted molar refractivity (Wildman–Crippen MR) is 75.1 cm³/mol. The van der Waals surface area contributed by atoms with Gasteiger partial charge in [0.05, 0.1) is 12.8 Å². The summed E-state index contributed by atoms with van der Waals surface area (Å²) in [6.45, 7) is 2.27. The summed E-state index contributed by atoms with van der Waals surface area (Å²) in [6.07, 6.45) is 5.97. The van der Waals surface area contributed by atoms with E-state index < -0.39 is 5.54 Å². The Bertz CT molecular complexity index is 445. The van der Waals surface area contributed by atoms with Crippen molar-refractivity contribution in [2.75, 3.05) is 19.4 Å². The van der Waals surface area contributed by atoms with Crippen LogP contribution in [0.1, 0.15) is 19.8 Å². The number of carbonyl (C=O) groups is 1. The Kier molecular flexibility index (Phi) is 4.52. The lowest BCUT2D eigenvalue weighted by atomic mass is 9.96. The van der Waals surface area contributed by atoms with Gasteiger partial charge in [-0.1, -0.05) is 0 Å². The molecule has 0 spiro atoms. The number of nitrogens with zero attached hydrogens (tertiary/aromatic N) is 2. The highest BCUT2D eigenvalue weighted by Gasteiger charge is 2.51. The Hall–Kier alpha value is -1.01. The first kappa shape index (κ1) is 14.4. The van der Waals surface area contributed by atoms with Gasteiger partial charge in [-0.05, 0) is 32.7 Å². The lowest BCUT2D eigenvalue weighted by molar-refractivity contribution is -0.150. The minimum atomic E-state index is -0.559. The number of hydrogen-bond donors (Lipinski definition) is 1. The number of aryl methyl sites for hydroxylation is 1. The van der Waals surface area contributed by atoms with Crippen molar-refractivity contribution in [2.45, 2.75) is 30.2 Å². The molecule has 1 fully saturated rings. The molecule has 1 unspecified atom stereocenters. The first-order valence-electron chi connectivity index (χ1n) is 6.60. The van der Waals surface area contributed by atoms with Gasteiger partial charge in [-0.25, -0.2) is 0 Å². The molecule has 0 radical (unpaired) electrons. The third kappa shape index (κ3) is 3.12. The van der Waals surface area contributed by atoms with Crippen LogP contribution in [0, 0.1) is 5.92 Å². The highest BCUT2D eigenvalue weighted by atomic mass is 32.2. The van der Waals surface area contributed by atoms with Crippen LogP contribution in [-0.2, 0) is 16.6 Å². The molecule has 1 aliphatic rings. The summed E-state index contributed by atoms with van der Waals surface area (Å²) in [5, 5.41) is 7.36. The van der Waals surface area contributed by atoms with Crippen molar-refractivity contribution in [3.8, 4) is 0 Å². The van der Waals surface area contributed by atoms with Gasteiger partial charge in [0.25, 0.3) is 0 Å². The van der Waals surface area contributed by atoms with Crippen LogP contribution >= 0.6 is 11.8 Å². The first-order valence-corrected chi connectivity index (χ1v) is 7.58. The number of hydrogen-bond acceptors (Lipinski definition) is 5. The maximum absolute atomic E-state index is 12.3. The Morgan fingerprint density at radius 3 is 2.89 bits per heavy atom. The van der Waals surface area contributed by atoms with Crippen LogP contribution in [0.5, 0.6) is 0 Å². The molecular weight excluding hydrogens is 262 g/mol. The number of thioether (sulfide) groups is 1. The lowest BCUT2D eigenvalue weighted by Crippen LogP contribution is -2.55. The van der Waals surface area contributed by atoms with Crippen LogP contribution in [0.2, 0.25) is 0 Å². The maximum atomic E-state index is 12.3. The van der Waals surface area contributed by atoms with Crippen molar-refractivity contribution >= 4 is 17.7 Å². The quantitative estimate of drug-likeness (QED) is 0.606. The van der Waals surface area contributed by atoms with Crippen molar-refractivity contribution in [2.24, 2.45) is 13.0 Å². The van der Waals surface area contributed by atoms with Crippen molar-refractivity contribution in [1.29, 1.82) is 0 Å². The zero-order chi connectivity index (χ0) is 13.9. The van der Waals surface area contributed by atoms with E-state index in [0.717, 1.165) is 17.7 Å². The second-order valence-electron chi connectivity index (χ2n) is 4.85. The number of carbonyl (C=O) groups excluding carboxylic acids is 1. The molecular formula is C13H21N3O2S. The number of nitrogens with one attached hydrogen (secondary N) is 1. The lowest BCUT2D eigenvalue weighted by Gasteiger charge is -2.30. The smallest absolute Gasteiger partial charge is 0.327 e. The highest BCUT2D eigenvalue weighted by Crippen LogP contribution is 2.42. The Morgan fingerprint density at radius 1 is 1.68 bits per heavy atom. The van der Waals surface area contributed by atoms with Gasteiger partial charge in [0.1, 0.15) is 5.54 Å². The van der Waals surface area contributed by atoms with E-state index in [9.17, 15) is 4.79 Å². The summed E-state index contributed by atoms with van der Waals surface area (Å²) in [5.41, 5.74) is -0.559. The molecule has 6 heteroatoms. The fraction of sp³-hybridized carbons (Fsp3) is 0.692.